The molecule has 3 unspecified atom stereocenters. The van der Waals surface area contributed by atoms with Gasteiger partial charge in [-0.3, -0.25) is 9.59 Å². The summed E-state index contributed by atoms with van der Waals surface area (Å²) in [6.07, 6.45) is 53.8. The molecule has 0 saturated carbocycles. The van der Waals surface area contributed by atoms with Crippen LogP contribution in [0.1, 0.15) is 278 Å². The molecule has 59 heavy (non-hydrogen) atoms. The molecule has 0 fully saturated rings. The van der Waals surface area contributed by atoms with Crippen LogP contribution in [0.2, 0.25) is 0 Å². The minimum Gasteiger partial charge on any atom is -0.462 e. The molecule has 3 N–H and O–H groups in total. The highest BCUT2D eigenvalue weighted by Crippen LogP contribution is 2.18. The third kappa shape index (κ3) is 42.8. The number of allylic oxidation sites excluding steroid dienone is 4. The monoisotopic (exact) mass is 832 g/mol. The zero-order valence-electron chi connectivity index (χ0n) is 39.7. The van der Waals surface area contributed by atoms with Crippen LogP contribution in [0.15, 0.2) is 24.3 Å². The summed E-state index contributed by atoms with van der Waals surface area (Å²) in [7, 11) is 0. The first-order valence-electron chi connectivity index (χ1n) is 26.1. The molecule has 0 saturated heterocycles. The molecular formula is C53H101NO5. The summed E-state index contributed by atoms with van der Waals surface area (Å²) in [4.78, 5) is 26.1. The van der Waals surface area contributed by atoms with E-state index in [1.54, 1.807) is 0 Å². The minimum atomic E-state index is -0.788. The topological polar surface area (TPSA) is 95.9 Å². The molecule has 0 aromatic heterocycles. The van der Waals surface area contributed by atoms with Gasteiger partial charge in [-0.1, -0.05) is 212 Å². The number of ether oxygens (including phenoxy) is 1. The van der Waals surface area contributed by atoms with E-state index in [2.05, 4.69) is 50.4 Å². The maximum absolute atomic E-state index is 13.2. The number of aliphatic hydroxyl groups is 2. The van der Waals surface area contributed by atoms with E-state index >= 15 is 0 Å². The number of rotatable bonds is 47. The highest BCUT2D eigenvalue weighted by molar-refractivity contribution is 5.77. The van der Waals surface area contributed by atoms with Gasteiger partial charge in [0.2, 0.25) is 5.91 Å². The number of esters is 1. The molecule has 0 aliphatic rings. The van der Waals surface area contributed by atoms with Crippen molar-refractivity contribution in [1.82, 2.24) is 5.32 Å². The lowest BCUT2D eigenvalue weighted by molar-refractivity contribution is -0.151. The maximum atomic E-state index is 13.2. The SMILES string of the molecule is CCCCC/C=C\CCCCCC(CC(=O)NC(CO)C(O)CCCCCCCCCCCCCCC)OC(=O)CCCCCCCCC/C=C/CCCCCCCC. The molecular weight excluding hydrogens is 731 g/mol. The van der Waals surface area contributed by atoms with Gasteiger partial charge >= 0.3 is 5.97 Å². The summed E-state index contributed by atoms with van der Waals surface area (Å²) in [6.45, 7) is 6.46. The van der Waals surface area contributed by atoms with Crippen molar-refractivity contribution in [3.05, 3.63) is 24.3 Å². The van der Waals surface area contributed by atoms with Gasteiger partial charge in [-0.15, -0.1) is 0 Å². The second-order valence-electron chi connectivity index (χ2n) is 17.9. The Hall–Kier alpha value is -1.66. The van der Waals surface area contributed by atoms with E-state index in [0.29, 0.717) is 19.3 Å². The Balaban J connectivity index is 4.48. The van der Waals surface area contributed by atoms with E-state index in [-0.39, 0.29) is 24.9 Å². The first-order valence-corrected chi connectivity index (χ1v) is 26.1. The van der Waals surface area contributed by atoms with Crippen LogP contribution in [0.4, 0.5) is 0 Å². The number of carbonyl (C=O) groups is 2. The van der Waals surface area contributed by atoms with E-state index in [0.717, 1.165) is 64.2 Å². The van der Waals surface area contributed by atoms with Crippen molar-refractivity contribution in [2.24, 2.45) is 0 Å². The first-order chi connectivity index (χ1) is 29.0. The largest absolute Gasteiger partial charge is 0.462 e. The first kappa shape index (κ1) is 57.3. The quantitative estimate of drug-likeness (QED) is 0.0322. The molecule has 0 aromatic rings. The van der Waals surface area contributed by atoms with Crippen LogP contribution in [0, 0.1) is 0 Å². The van der Waals surface area contributed by atoms with Gasteiger partial charge in [0.05, 0.1) is 25.2 Å². The van der Waals surface area contributed by atoms with Crippen molar-refractivity contribution in [2.75, 3.05) is 6.61 Å². The molecule has 3 atom stereocenters. The van der Waals surface area contributed by atoms with Gasteiger partial charge in [0, 0.05) is 6.42 Å². The predicted octanol–water partition coefficient (Wildman–Crippen LogP) is 15.5. The summed E-state index contributed by atoms with van der Waals surface area (Å²) in [5.41, 5.74) is 0. The number of carbonyl (C=O) groups excluding carboxylic acids is 2. The molecule has 0 radical (unpaired) electrons. The molecule has 0 rings (SSSR count). The summed E-state index contributed by atoms with van der Waals surface area (Å²) in [5, 5.41) is 23.7. The predicted molar refractivity (Wildman–Crippen MR) is 255 cm³/mol. The van der Waals surface area contributed by atoms with E-state index < -0.39 is 18.2 Å². The molecule has 0 aliphatic heterocycles. The molecule has 0 aliphatic carbocycles. The Morgan fingerprint density at radius 3 is 1.25 bits per heavy atom. The number of amides is 1. The van der Waals surface area contributed by atoms with Gasteiger partial charge in [0.25, 0.3) is 0 Å². The van der Waals surface area contributed by atoms with Crippen LogP contribution in [0.3, 0.4) is 0 Å². The zero-order chi connectivity index (χ0) is 43.1. The van der Waals surface area contributed by atoms with Crippen molar-refractivity contribution in [1.29, 1.82) is 0 Å². The van der Waals surface area contributed by atoms with Crippen molar-refractivity contribution < 1.29 is 24.5 Å². The molecule has 0 heterocycles. The van der Waals surface area contributed by atoms with Crippen molar-refractivity contribution >= 4 is 11.9 Å². The lowest BCUT2D eigenvalue weighted by Crippen LogP contribution is -2.46. The van der Waals surface area contributed by atoms with Crippen LogP contribution in [-0.2, 0) is 14.3 Å². The van der Waals surface area contributed by atoms with Crippen LogP contribution >= 0.6 is 0 Å². The molecule has 0 aromatic carbocycles. The van der Waals surface area contributed by atoms with Gasteiger partial charge in [0.15, 0.2) is 0 Å². The summed E-state index contributed by atoms with van der Waals surface area (Å²) < 4.78 is 5.92. The van der Waals surface area contributed by atoms with Crippen molar-refractivity contribution in [2.45, 2.75) is 296 Å². The number of hydrogen-bond donors (Lipinski definition) is 3. The van der Waals surface area contributed by atoms with Crippen LogP contribution in [-0.4, -0.2) is 46.9 Å². The Morgan fingerprint density at radius 1 is 0.475 bits per heavy atom. The average molecular weight is 832 g/mol. The standard InChI is InChI=1S/C53H101NO5/c1-4-7-10-13-16-19-22-24-25-26-27-29-31-34-37-40-43-46-53(58)59-49(44-41-38-35-32-21-18-15-12-9-6-3)47-52(57)54-50(48-55)51(56)45-42-39-36-33-30-28-23-20-17-14-11-8-5-2/h18,21,24-25,49-51,55-56H,4-17,19-20,22-23,26-48H2,1-3H3,(H,54,57)/b21-18-,25-24+. The number of hydrogen-bond acceptors (Lipinski definition) is 5. The second-order valence-corrected chi connectivity index (χ2v) is 17.9. The van der Waals surface area contributed by atoms with Gasteiger partial charge in [-0.05, 0) is 77.0 Å². The van der Waals surface area contributed by atoms with Crippen molar-refractivity contribution in [3.63, 3.8) is 0 Å². The zero-order valence-corrected chi connectivity index (χ0v) is 39.7. The second kappa shape index (κ2) is 47.4. The average Bonchev–Trinajstić information content (AvgIpc) is 3.23. The summed E-state index contributed by atoms with van der Waals surface area (Å²) in [6, 6.07) is -0.702. The number of aliphatic hydroxyl groups excluding tert-OH is 2. The molecule has 0 spiro atoms. The van der Waals surface area contributed by atoms with Gasteiger partial charge in [-0.2, -0.15) is 0 Å². The van der Waals surface area contributed by atoms with Crippen LogP contribution in [0.5, 0.6) is 0 Å². The summed E-state index contributed by atoms with van der Waals surface area (Å²) >= 11 is 0. The Labute approximate surface area is 367 Å². The van der Waals surface area contributed by atoms with Gasteiger partial charge < -0.3 is 20.3 Å². The van der Waals surface area contributed by atoms with E-state index in [4.69, 9.17) is 4.74 Å². The van der Waals surface area contributed by atoms with Crippen molar-refractivity contribution in [3.8, 4) is 0 Å². The molecule has 6 heteroatoms. The number of unbranched alkanes of at least 4 members (excludes halogenated alkanes) is 31. The fourth-order valence-electron chi connectivity index (χ4n) is 8.01. The number of nitrogens with one attached hydrogen (secondary N) is 1. The fourth-order valence-corrected chi connectivity index (χ4v) is 8.01. The highest BCUT2D eigenvalue weighted by atomic mass is 16.5. The lowest BCUT2D eigenvalue weighted by atomic mass is 10.0. The molecule has 1 amide bonds. The van der Waals surface area contributed by atoms with Gasteiger partial charge in [-0.25, -0.2) is 0 Å². The van der Waals surface area contributed by atoms with E-state index in [1.165, 1.54) is 167 Å². The Bertz CT molecular complexity index is 935. The fraction of sp³-hybridized carbons (Fsp3) is 0.887. The minimum absolute atomic E-state index is 0.0687. The Kier molecular flexibility index (Phi) is 46.1. The Morgan fingerprint density at radius 2 is 0.814 bits per heavy atom. The maximum Gasteiger partial charge on any atom is 0.306 e. The van der Waals surface area contributed by atoms with E-state index in [9.17, 15) is 19.8 Å². The highest BCUT2D eigenvalue weighted by Gasteiger charge is 2.24. The van der Waals surface area contributed by atoms with Crippen LogP contribution < -0.4 is 5.32 Å². The molecule has 348 valence electrons. The smallest absolute Gasteiger partial charge is 0.306 e. The van der Waals surface area contributed by atoms with Gasteiger partial charge in [0.1, 0.15) is 6.10 Å². The third-order valence-corrected chi connectivity index (χ3v) is 12.0. The normalized spacial score (nSPS) is 13.4. The summed E-state index contributed by atoms with van der Waals surface area (Å²) in [5.74, 6) is -0.485. The molecule has 0 bridgehead atoms. The van der Waals surface area contributed by atoms with E-state index in [1.807, 2.05) is 0 Å². The third-order valence-electron chi connectivity index (χ3n) is 12.0. The van der Waals surface area contributed by atoms with Crippen LogP contribution in [0.25, 0.3) is 0 Å². The molecule has 6 nitrogen and oxygen atoms in total. The lowest BCUT2D eigenvalue weighted by Gasteiger charge is -2.24.